The van der Waals surface area contributed by atoms with Gasteiger partial charge in [-0.15, -0.1) is 0 Å². The lowest BCUT2D eigenvalue weighted by Gasteiger charge is -2.30. The molecule has 2 fully saturated rings. The van der Waals surface area contributed by atoms with Gasteiger partial charge < -0.3 is 10.1 Å². The molecular weight excluding hydrogens is 403 g/mol. The maximum absolute atomic E-state index is 14.6. The number of aliphatic imine (C=N–C) groups is 2. The van der Waals surface area contributed by atoms with Gasteiger partial charge in [0.25, 0.3) is 5.92 Å². The number of allylic oxidation sites excluding steroid dienone is 2. The summed E-state index contributed by atoms with van der Waals surface area (Å²) in [6.45, 7) is 1.46. The Labute approximate surface area is 172 Å². The second-order valence-corrected chi connectivity index (χ2v) is 9.07. The molecule has 2 atom stereocenters. The molecule has 0 bridgehead atoms. The molecule has 5 nitrogen and oxygen atoms in total. The number of nitrogens with one attached hydrogen (secondary N) is 1. The highest BCUT2D eigenvalue weighted by molar-refractivity contribution is 8.00. The summed E-state index contributed by atoms with van der Waals surface area (Å²) in [5.41, 5.74) is 0.351. The van der Waals surface area contributed by atoms with Gasteiger partial charge in [-0.05, 0) is 37.8 Å². The number of alkyl halides is 2. The fourth-order valence-electron chi connectivity index (χ4n) is 3.99. The van der Waals surface area contributed by atoms with Crippen molar-refractivity contribution in [3.8, 4) is 0 Å². The van der Waals surface area contributed by atoms with Crippen LogP contribution in [-0.2, 0) is 9.53 Å². The maximum Gasteiger partial charge on any atom is 0.270 e. The Morgan fingerprint density at radius 3 is 2.79 bits per heavy atom. The van der Waals surface area contributed by atoms with E-state index in [1.54, 1.807) is 11.8 Å². The first-order valence-electron chi connectivity index (χ1n) is 10.0. The number of ether oxygens (including phenoxy) is 1. The Balaban J connectivity index is 1.52. The molecule has 1 saturated carbocycles. The molecule has 2 unspecified atom stereocenters. The summed E-state index contributed by atoms with van der Waals surface area (Å²) >= 11 is 1.68. The van der Waals surface area contributed by atoms with E-state index in [9.17, 15) is 18.0 Å². The summed E-state index contributed by atoms with van der Waals surface area (Å²) in [4.78, 5) is 20.9. The number of amidine groups is 1. The highest BCUT2D eigenvalue weighted by atomic mass is 32.2. The number of halogens is 3. The van der Waals surface area contributed by atoms with E-state index in [0.29, 0.717) is 29.7 Å². The van der Waals surface area contributed by atoms with Crippen molar-refractivity contribution in [1.82, 2.24) is 5.32 Å². The number of rotatable bonds is 4. The lowest BCUT2D eigenvalue weighted by atomic mass is 9.91. The molecular formula is C20H24F3N3O2S. The maximum atomic E-state index is 14.6. The minimum absolute atomic E-state index is 0.121. The largest absolute Gasteiger partial charge is 0.381 e. The second-order valence-electron chi connectivity index (χ2n) is 7.78. The Hall–Kier alpha value is -1.61. The van der Waals surface area contributed by atoms with E-state index >= 15 is 0 Å². The van der Waals surface area contributed by atoms with Crippen molar-refractivity contribution in [3.63, 3.8) is 0 Å². The molecule has 2 heterocycles. The predicted molar refractivity (Wildman–Crippen MR) is 107 cm³/mol. The molecule has 2 aliphatic heterocycles. The first-order valence-corrected chi connectivity index (χ1v) is 11.1. The minimum atomic E-state index is -2.89. The summed E-state index contributed by atoms with van der Waals surface area (Å²) in [7, 11) is 0. The molecule has 9 heteroatoms. The number of nitrogens with zero attached hydrogens (tertiary/aromatic N) is 2. The average molecular weight is 427 g/mol. The number of carbonyl (C=O) groups excluding carboxylic acids is 1. The Morgan fingerprint density at radius 1 is 1.24 bits per heavy atom. The summed E-state index contributed by atoms with van der Waals surface area (Å²) in [5, 5.41) is 3.11. The molecule has 4 rings (SSSR count). The van der Waals surface area contributed by atoms with Gasteiger partial charge in [0.05, 0.1) is 17.2 Å². The SMILES string of the molecule is O=C1NC(CSC2CCOCC2)=NC2=CC(=NC3CCCCC3(F)F)C=C(F)C12. The molecule has 1 saturated heterocycles. The second kappa shape index (κ2) is 8.63. The summed E-state index contributed by atoms with van der Waals surface area (Å²) < 4.78 is 48.1. The molecule has 0 aromatic heterocycles. The van der Waals surface area contributed by atoms with Crippen LogP contribution in [0.2, 0.25) is 0 Å². The number of fused-ring (bicyclic) bond motifs is 1. The van der Waals surface area contributed by atoms with Gasteiger partial charge in [0, 0.05) is 24.9 Å². The molecule has 1 N–H and O–H groups in total. The van der Waals surface area contributed by atoms with Gasteiger partial charge in [-0.2, -0.15) is 11.8 Å². The van der Waals surface area contributed by atoms with Gasteiger partial charge in [0.1, 0.15) is 23.6 Å². The molecule has 4 aliphatic rings. The van der Waals surface area contributed by atoms with Gasteiger partial charge in [-0.1, -0.05) is 6.42 Å². The first-order chi connectivity index (χ1) is 13.9. The lowest BCUT2D eigenvalue weighted by molar-refractivity contribution is -0.122. The van der Waals surface area contributed by atoms with Crippen LogP contribution >= 0.6 is 11.8 Å². The van der Waals surface area contributed by atoms with E-state index in [4.69, 9.17) is 4.74 Å². The van der Waals surface area contributed by atoms with E-state index in [2.05, 4.69) is 15.3 Å². The van der Waals surface area contributed by atoms with Gasteiger partial charge >= 0.3 is 0 Å². The fraction of sp³-hybridized carbons (Fsp3) is 0.650. The smallest absolute Gasteiger partial charge is 0.270 e. The van der Waals surface area contributed by atoms with Crippen LogP contribution in [0.1, 0.15) is 38.5 Å². The van der Waals surface area contributed by atoms with Crippen LogP contribution in [0, 0.1) is 5.92 Å². The lowest BCUT2D eigenvalue weighted by Crippen LogP contribution is -2.43. The zero-order valence-electron chi connectivity index (χ0n) is 16.0. The van der Waals surface area contributed by atoms with Crippen molar-refractivity contribution in [2.45, 2.75) is 55.7 Å². The molecule has 2 aliphatic carbocycles. The summed E-state index contributed by atoms with van der Waals surface area (Å²) in [6.07, 6.45) is 5.66. The highest BCUT2D eigenvalue weighted by Crippen LogP contribution is 2.37. The number of carbonyl (C=O) groups is 1. The van der Waals surface area contributed by atoms with Crippen LogP contribution in [-0.4, -0.2) is 53.6 Å². The third kappa shape index (κ3) is 4.77. The zero-order valence-corrected chi connectivity index (χ0v) is 16.8. The summed E-state index contributed by atoms with van der Waals surface area (Å²) in [6, 6.07) is -1.16. The van der Waals surface area contributed by atoms with Gasteiger partial charge in [-0.3, -0.25) is 9.79 Å². The average Bonchev–Trinajstić information content (AvgIpc) is 2.68. The number of hydrogen-bond donors (Lipinski definition) is 1. The molecule has 0 spiro atoms. The van der Waals surface area contributed by atoms with E-state index < -0.39 is 29.6 Å². The molecule has 0 aromatic rings. The van der Waals surface area contributed by atoms with Crippen molar-refractivity contribution >= 4 is 29.2 Å². The standard InChI is InChI=1S/C20H24F3N3O2S/c21-14-9-12(24-16-3-1-2-6-20(16,22)23)10-15-18(14)19(27)26-17(25-15)11-29-13-4-7-28-8-5-13/h9-10,13,16,18H,1-8,11H2,(H,25,26,27). The monoisotopic (exact) mass is 427 g/mol. The molecule has 1 amide bonds. The van der Waals surface area contributed by atoms with Crippen molar-refractivity contribution in [3.05, 3.63) is 23.7 Å². The van der Waals surface area contributed by atoms with E-state index in [1.807, 2.05) is 0 Å². The van der Waals surface area contributed by atoms with Crippen LogP contribution in [0.5, 0.6) is 0 Å². The Morgan fingerprint density at radius 2 is 2.03 bits per heavy atom. The van der Waals surface area contributed by atoms with E-state index in [-0.39, 0.29) is 24.3 Å². The van der Waals surface area contributed by atoms with Crippen molar-refractivity contribution in [2.75, 3.05) is 19.0 Å². The van der Waals surface area contributed by atoms with Gasteiger partial charge in [-0.25, -0.2) is 18.2 Å². The highest BCUT2D eigenvalue weighted by Gasteiger charge is 2.42. The van der Waals surface area contributed by atoms with Crippen LogP contribution in [0.3, 0.4) is 0 Å². The third-order valence-corrected chi connectivity index (χ3v) is 6.98. The van der Waals surface area contributed by atoms with Crippen LogP contribution in [0.25, 0.3) is 0 Å². The quantitative estimate of drug-likeness (QED) is 0.742. The first kappa shape index (κ1) is 20.7. The Bertz CT molecular complexity index is 788. The number of thioether (sulfide) groups is 1. The van der Waals surface area contributed by atoms with E-state index in [1.165, 1.54) is 6.08 Å². The van der Waals surface area contributed by atoms with Crippen molar-refractivity contribution in [1.29, 1.82) is 0 Å². The van der Waals surface area contributed by atoms with Crippen molar-refractivity contribution < 1.29 is 22.7 Å². The van der Waals surface area contributed by atoms with Crippen molar-refractivity contribution in [2.24, 2.45) is 15.9 Å². The van der Waals surface area contributed by atoms with Crippen LogP contribution in [0.4, 0.5) is 13.2 Å². The number of hydrogen-bond acceptors (Lipinski definition) is 5. The van der Waals surface area contributed by atoms with Gasteiger partial charge in [0.15, 0.2) is 0 Å². The fourth-order valence-corrected chi connectivity index (χ4v) is 5.05. The normalized spacial score (nSPS) is 31.5. The number of amides is 1. The topological polar surface area (TPSA) is 63.0 Å². The minimum Gasteiger partial charge on any atom is -0.381 e. The molecule has 29 heavy (non-hydrogen) atoms. The molecule has 0 aromatic carbocycles. The van der Waals surface area contributed by atoms with E-state index in [0.717, 1.165) is 32.1 Å². The molecule has 158 valence electrons. The zero-order chi connectivity index (χ0) is 20.4. The summed E-state index contributed by atoms with van der Waals surface area (Å²) in [5.74, 6) is -4.24. The Kier molecular flexibility index (Phi) is 6.15. The molecule has 0 radical (unpaired) electrons. The van der Waals surface area contributed by atoms with Gasteiger partial charge in [0.2, 0.25) is 5.91 Å². The van der Waals surface area contributed by atoms with Crippen LogP contribution in [0.15, 0.2) is 33.7 Å². The predicted octanol–water partition coefficient (Wildman–Crippen LogP) is 3.81. The van der Waals surface area contributed by atoms with Crippen LogP contribution < -0.4 is 5.32 Å². The third-order valence-electron chi connectivity index (χ3n) is 5.60.